The highest BCUT2D eigenvalue weighted by Crippen LogP contribution is 2.45. The molecule has 11 nitrogen and oxygen atoms in total. The van der Waals surface area contributed by atoms with E-state index in [1.54, 1.807) is 0 Å². The van der Waals surface area contributed by atoms with Crippen LogP contribution in [0.15, 0.2) is 0 Å². The highest BCUT2D eigenvalue weighted by molar-refractivity contribution is 5.95. The van der Waals surface area contributed by atoms with Crippen LogP contribution in [-0.4, -0.2) is 62.8 Å². The standard InChI is InChI=1S/C8H8F3NO10/c1-21-5(17)7(8(9,10)11,22-12(19)20)6(18,4(15)16)2-3(13)14/h18H,2H2,1H3,(H,13,14)(H,15,16). The highest BCUT2D eigenvalue weighted by atomic mass is 19.4. The van der Waals surface area contributed by atoms with E-state index in [4.69, 9.17) is 10.2 Å². The molecule has 0 rings (SSSR count). The number of esters is 1. The third-order valence-electron chi connectivity index (χ3n) is 2.43. The Morgan fingerprint density at radius 1 is 1.23 bits per heavy atom. The number of nitrogens with zero attached hydrogens (tertiary/aromatic N) is 1. The number of aliphatic carboxylic acids is 2. The first-order valence-corrected chi connectivity index (χ1v) is 4.92. The van der Waals surface area contributed by atoms with E-state index in [1.807, 2.05) is 0 Å². The molecule has 0 heterocycles. The number of rotatable bonds is 7. The molecular formula is C8H8F3NO10. The molecule has 0 amide bonds. The summed E-state index contributed by atoms with van der Waals surface area (Å²) in [6.45, 7) is 0. The molecule has 2 atom stereocenters. The molecule has 126 valence electrons. The Bertz CT molecular complexity index is 505. The van der Waals surface area contributed by atoms with Gasteiger partial charge in [-0.05, 0) is 0 Å². The van der Waals surface area contributed by atoms with Gasteiger partial charge in [-0.15, -0.1) is 10.1 Å². The molecule has 0 saturated carbocycles. The molecule has 0 aliphatic carbocycles. The minimum Gasteiger partial charge on any atom is -0.481 e. The highest BCUT2D eigenvalue weighted by Gasteiger charge is 2.79. The lowest BCUT2D eigenvalue weighted by molar-refractivity contribution is -0.789. The van der Waals surface area contributed by atoms with Crippen molar-refractivity contribution in [1.29, 1.82) is 0 Å². The van der Waals surface area contributed by atoms with Gasteiger partial charge in [-0.3, -0.25) is 9.63 Å². The first-order chi connectivity index (χ1) is 9.76. The zero-order valence-corrected chi connectivity index (χ0v) is 10.5. The van der Waals surface area contributed by atoms with Crippen LogP contribution in [0.2, 0.25) is 0 Å². The lowest BCUT2D eigenvalue weighted by atomic mass is 9.79. The average molecular weight is 335 g/mol. The topological polar surface area (TPSA) is 173 Å². The van der Waals surface area contributed by atoms with Crippen LogP contribution in [0.5, 0.6) is 0 Å². The van der Waals surface area contributed by atoms with Gasteiger partial charge in [-0.25, -0.2) is 9.59 Å². The van der Waals surface area contributed by atoms with Crippen molar-refractivity contribution >= 4 is 17.9 Å². The third kappa shape index (κ3) is 3.00. The van der Waals surface area contributed by atoms with Crippen LogP contribution in [0.25, 0.3) is 0 Å². The molecule has 0 spiro atoms. The van der Waals surface area contributed by atoms with E-state index in [0.717, 1.165) is 0 Å². The van der Waals surface area contributed by atoms with Crippen molar-refractivity contribution in [2.45, 2.75) is 23.8 Å². The van der Waals surface area contributed by atoms with E-state index in [-0.39, 0.29) is 7.11 Å². The van der Waals surface area contributed by atoms with Crippen LogP contribution >= 0.6 is 0 Å². The van der Waals surface area contributed by atoms with Gasteiger partial charge in [0, 0.05) is 0 Å². The minimum atomic E-state index is -6.21. The summed E-state index contributed by atoms with van der Waals surface area (Å²) in [6, 6.07) is 0. The quantitative estimate of drug-likeness (QED) is 0.296. The second-order valence-electron chi connectivity index (χ2n) is 3.72. The van der Waals surface area contributed by atoms with Gasteiger partial charge in [0.1, 0.15) is 0 Å². The van der Waals surface area contributed by atoms with E-state index in [2.05, 4.69) is 9.57 Å². The first-order valence-electron chi connectivity index (χ1n) is 4.92. The van der Waals surface area contributed by atoms with Crippen LogP contribution in [0, 0.1) is 10.1 Å². The Morgan fingerprint density at radius 3 is 1.91 bits per heavy atom. The van der Waals surface area contributed by atoms with Crippen molar-refractivity contribution in [2.75, 3.05) is 7.11 Å². The SMILES string of the molecule is COC(=O)C(O[N+](=O)[O-])(C(F)(F)F)C(O)(CC(=O)O)C(=O)O. The number of carboxylic acid groups (broad SMARTS) is 2. The summed E-state index contributed by atoms with van der Waals surface area (Å²) in [4.78, 5) is 46.2. The van der Waals surface area contributed by atoms with Crippen LogP contribution in [-0.2, 0) is 24.0 Å². The Morgan fingerprint density at radius 2 is 1.68 bits per heavy atom. The summed E-state index contributed by atoms with van der Waals surface area (Å²) in [5, 5.41) is 34.8. The van der Waals surface area contributed by atoms with E-state index < -0.39 is 46.8 Å². The number of methoxy groups -OCH3 is 1. The second kappa shape index (κ2) is 6.00. The number of carboxylic acids is 2. The Kier molecular flexibility index (Phi) is 5.28. The Labute approximate surface area is 117 Å². The number of aliphatic hydroxyl groups is 1. The maximum absolute atomic E-state index is 13.1. The van der Waals surface area contributed by atoms with Gasteiger partial charge >= 0.3 is 29.7 Å². The Hall–Kier alpha value is -2.64. The number of halogens is 3. The summed E-state index contributed by atoms with van der Waals surface area (Å²) in [6.07, 6.45) is -8.46. The zero-order valence-electron chi connectivity index (χ0n) is 10.5. The van der Waals surface area contributed by atoms with Gasteiger partial charge in [0.05, 0.1) is 13.5 Å². The van der Waals surface area contributed by atoms with Crippen molar-refractivity contribution in [3.05, 3.63) is 10.1 Å². The summed E-state index contributed by atoms with van der Waals surface area (Å²) < 4.78 is 43.0. The summed E-state index contributed by atoms with van der Waals surface area (Å²) in [5.41, 5.74) is -9.68. The number of carbonyl (C=O) groups excluding carboxylic acids is 1. The van der Waals surface area contributed by atoms with Crippen LogP contribution in [0.4, 0.5) is 13.2 Å². The van der Waals surface area contributed by atoms with Crippen molar-refractivity contribution in [3.8, 4) is 0 Å². The molecule has 0 bridgehead atoms. The van der Waals surface area contributed by atoms with Gasteiger partial charge in [-0.2, -0.15) is 13.2 Å². The van der Waals surface area contributed by atoms with E-state index in [9.17, 15) is 42.8 Å². The Balaban J connectivity index is 6.68. The second-order valence-corrected chi connectivity index (χ2v) is 3.72. The average Bonchev–Trinajstić information content (AvgIpc) is 2.31. The molecule has 0 radical (unpaired) electrons. The van der Waals surface area contributed by atoms with E-state index in [1.165, 1.54) is 0 Å². The van der Waals surface area contributed by atoms with E-state index >= 15 is 0 Å². The molecule has 3 N–H and O–H groups in total. The van der Waals surface area contributed by atoms with Gasteiger partial charge in [-0.1, -0.05) is 0 Å². The predicted octanol–water partition coefficient (Wildman–Crippen LogP) is -1.04. The van der Waals surface area contributed by atoms with Crippen molar-refractivity contribution < 1.29 is 57.5 Å². The zero-order chi connectivity index (χ0) is 17.9. The maximum Gasteiger partial charge on any atom is 0.432 e. The lowest BCUT2D eigenvalue weighted by Crippen LogP contribution is -2.73. The molecule has 22 heavy (non-hydrogen) atoms. The number of hydrogen-bond donors (Lipinski definition) is 3. The third-order valence-corrected chi connectivity index (χ3v) is 2.43. The van der Waals surface area contributed by atoms with Crippen molar-refractivity contribution in [2.24, 2.45) is 0 Å². The fraction of sp³-hybridized carbons (Fsp3) is 0.625. The van der Waals surface area contributed by atoms with Crippen molar-refractivity contribution in [3.63, 3.8) is 0 Å². The summed E-state index contributed by atoms with van der Waals surface area (Å²) in [7, 11) is 0.287. The first kappa shape index (κ1) is 19.4. The van der Waals surface area contributed by atoms with Gasteiger partial charge in [0.25, 0.3) is 5.09 Å². The molecule has 0 aliphatic rings. The number of carbonyl (C=O) groups is 3. The molecule has 0 fully saturated rings. The molecule has 0 saturated heterocycles. The van der Waals surface area contributed by atoms with Gasteiger partial charge in [0.15, 0.2) is 0 Å². The predicted molar refractivity (Wildman–Crippen MR) is 53.7 cm³/mol. The summed E-state index contributed by atoms with van der Waals surface area (Å²) >= 11 is 0. The number of alkyl halides is 3. The molecular weight excluding hydrogens is 327 g/mol. The molecule has 0 aromatic rings. The summed E-state index contributed by atoms with van der Waals surface area (Å²) in [5.74, 6) is -7.93. The minimum absolute atomic E-state index is 0.287. The van der Waals surface area contributed by atoms with E-state index in [0.29, 0.717) is 0 Å². The van der Waals surface area contributed by atoms with Crippen LogP contribution in [0.1, 0.15) is 6.42 Å². The largest absolute Gasteiger partial charge is 0.481 e. The fourth-order valence-corrected chi connectivity index (χ4v) is 1.51. The molecule has 0 aromatic carbocycles. The number of hydrogen-bond acceptors (Lipinski definition) is 8. The number of ether oxygens (including phenoxy) is 1. The van der Waals surface area contributed by atoms with Gasteiger partial charge in [0.2, 0.25) is 5.60 Å². The maximum atomic E-state index is 13.1. The van der Waals surface area contributed by atoms with Crippen LogP contribution in [0.3, 0.4) is 0 Å². The van der Waals surface area contributed by atoms with Crippen LogP contribution < -0.4 is 0 Å². The lowest BCUT2D eigenvalue weighted by Gasteiger charge is -2.39. The molecule has 2 unspecified atom stereocenters. The smallest absolute Gasteiger partial charge is 0.432 e. The molecule has 14 heteroatoms. The molecule has 0 aliphatic heterocycles. The normalized spacial score (nSPS) is 16.8. The van der Waals surface area contributed by atoms with Gasteiger partial charge < -0.3 is 20.1 Å². The monoisotopic (exact) mass is 335 g/mol. The fourth-order valence-electron chi connectivity index (χ4n) is 1.51. The van der Waals surface area contributed by atoms with Crippen molar-refractivity contribution in [1.82, 2.24) is 0 Å². The molecule has 0 aromatic heterocycles.